The zero-order valence-electron chi connectivity index (χ0n) is 18.4. The van der Waals surface area contributed by atoms with Crippen molar-refractivity contribution in [2.45, 2.75) is 85.7 Å². The minimum Gasteiger partial charge on any atom is -0.330 e. The van der Waals surface area contributed by atoms with Crippen LogP contribution in [0, 0.1) is 47.8 Å². The van der Waals surface area contributed by atoms with Crippen LogP contribution in [0.25, 0.3) is 0 Å². The maximum Gasteiger partial charge on any atom is 0.294 e. The molecule has 2 N–H and O–H groups in total. The lowest BCUT2D eigenvalue weighted by atomic mass is 9.41. The first-order chi connectivity index (χ1) is 13.3. The molecule has 6 atom stereocenters. The van der Waals surface area contributed by atoms with Crippen LogP contribution in [0.5, 0.6) is 0 Å². The van der Waals surface area contributed by atoms with Gasteiger partial charge in [-0.05, 0) is 72.6 Å². The first kappa shape index (κ1) is 23.6. The van der Waals surface area contributed by atoms with Gasteiger partial charge in [0.25, 0.3) is 10.2 Å². The monoisotopic (exact) mass is 415 g/mol. The molecule has 0 aromatic carbocycles. The molecule has 2 rings (SSSR count). The summed E-state index contributed by atoms with van der Waals surface area (Å²) < 4.78 is 0. The Kier molecular flexibility index (Phi) is 6.72. The Labute approximate surface area is 172 Å². The second-order valence-electron chi connectivity index (χ2n) is 10.7. The number of nitrogens with two attached hydrogens (primary N) is 1. The molecule has 0 aromatic rings. The van der Waals surface area contributed by atoms with Crippen molar-refractivity contribution >= 4 is 0 Å². The van der Waals surface area contributed by atoms with Gasteiger partial charge >= 0.3 is 0 Å². The summed E-state index contributed by atoms with van der Waals surface area (Å²) >= 11 is 0. The van der Waals surface area contributed by atoms with E-state index in [2.05, 4.69) is 32.5 Å². The molecular formula is C20H37N3O6. The molecule has 9 heteroatoms. The minimum atomic E-state index is -0.987. The molecule has 168 valence electrons. The Morgan fingerprint density at radius 2 is 1.59 bits per heavy atom. The van der Waals surface area contributed by atoms with Crippen LogP contribution in [-0.2, 0) is 9.68 Å². The number of nitrogens with zero attached hydrogens (tertiary/aromatic N) is 2. The van der Waals surface area contributed by atoms with Crippen molar-refractivity contribution in [2.24, 2.45) is 33.3 Å². The maximum atomic E-state index is 11.1. The molecule has 0 spiro atoms. The standard InChI is InChI=1S/C20H37N3O6/c1-6-17(3)10-19(5)11-18(4,7-8-21)13-20(12-17,14-19)15(2)16(29-23(26)27)9-28-22(24)25/h15-16H,6-14,21H2,1-5H3. The quantitative estimate of drug-likeness (QED) is 0.419. The minimum absolute atomic E-state index is 0.0359. The normalized spacial score (nSPS) is 38.7. The molecular weight excluding hydrogens is 378 g/mol. The van der Waals surface area contributed by atoms with E-state index in [1.54, 1.807) is 0 Å². The molecule has 2 aliphatic carbocycles. The first-order valence-electron chi connectivity index (χ1n) is 10.6. The third-order valence-corrected chi connectivity index (χ3v) is 7.73. The molecule has 0 radical (unpaired) electrons. The Morgan fingerprint density at radius 1 is 1.00 bits per heavy atom. The van der Waals surface area contributed by atoms with E-state index in [0.717, 1.165) is 44.9 Å². The highest BCUT2D eigenvalue weighted by atomic mass is 17.0. The highest BCUT2D eigenvalue weighted by Gasteiger charge is 2.60. The molecule has 2 saturated carbocycles. The average Bonchev–Trinajstić information content (AvgIpc) is 2.55. The van der Waals surface area contributed by atoms with Crippen LogP contribution in [0.3, 0.4) is 0 Å². The van der Waals surface area contributed by atoms with Crippen molar-refractivity contribution in [2.75, 3.05) is 13.2 Å². The SMILES string of the molecule is CCC1(C)CC2(C)CC(C)(CCN)CC(C(C)C(CO[N+](=O)[O-])O[N+](=O)[O-])(C1)C2. The van der Waals surface area contributed by atoms with E-state index in [4.69, 9.17) is 10.6 Å². The van der Waals surface area contributed by atoms with Crippen LogP contribution >= 0.6 is 0 Å². The lowest BCUT2D eigenvalue weighted by molar-refractivity contribution is -0.792. The summed E-state index contributed by atoms with van der Waals surface area (Å²) in [6.45, 7) is 11.2. The fourth-order valence-corrected chi connectivity index (χ4v) is 7.27. The van der Waals surface area contributed by atoms with E-state index in [1.165, 1.54) is 0 Å². The van der Waals surface area contributed by atoms with Crippen molar-refractivity contribution in [3.05, 3.63) is 20.2 Å². The lowest BCUT2D eigenvalue weighted by Gasteiger charge is -2.64. The maximum absolute atomic E-state index is 11.1. The average molecular weight is 416 g/mol. The van der Waals surface area contributed by atoms with Gasteiger partial charge in [0.2, 0.25) is 0 Å². The Hall–Kier alpha value is -1.64. The van der Waals surface area contributed by atoms with Crippen molar-refractivity contribution in [3.8, 4) is 0 Å². The van der Waals surface area contributed by atoms with Gasteiger partial charge in [-0.1, -0.05) is 41.0 Å². The molecule has 29 heavy (non-hydrogen) atoms. The van der Waals surface area contributed by atoms with Gasteiger partial charge in [-0.15, -0.1) is 20.2 Å². The molecule has 9 nitrogen and oxygen atoms in total. The predicted molar refractivity (Wildman–Crippen MR) is 108 cm³/mol. The van der Waals surface area contributed by atoms with Gasteiger partial charge in [0.1, 0.15) is 12.7 Å². The van der Waals surface area contributed by atoms with Gasteiger partial charge in [0, 0.05) is 0 Å². The molecule has 0 aliphatic heterocycles. The Bertz CT molecular complexity index is 633. The van der Waals surface area contributed by atoms with E-state index in [0.29, 0.717) is 6.54 Å². The molecule has 2 aliphatic rings. The van der Waals surface area contributed by atoms with Gasteiger partial charge in [0.05, 0.1) is 0 Å². The first-order valence-corrected chi connectivity index (χ1v) is 10.6. The molecule has 2 fully saturated rings. The largest absolute Gasteiger partial charge is 0.330 e. The number of hydrogen-bond donors (Lipinski definition) is 1. The second-order valence-corrected chi connectivity index (χ2v) is 10.7. The molecule has 0 saturated heterocycles. The molecule has 0 heterocycles. The number of fused-ring (bicyclic) bond motifs is 2. The topological polar surface area (TPSA) is 131 Å². The highest BCUT2D eigenvalue weighted by molar-refractivity contribution is 5.10. The fourth-order valence-electron chi connectivity index (χ4n) is 7.27. The van der Waals surface area contributed by atoms with Crippen LogP contribution in [-0.4, -0.2) is 29.4 Å². The van der Waals surface area contributed by atoms with E-state index >= 15 is 0 Å². The van der Waals surface area contributed by atoms with Crippen molar-refractivity contribution < 1.29 is 19.8 Å². The number of hydrogen-bond acceptors (Lipinski definition) is 7. The summed E-state index contributed by atoms with van der Waals surface area (Å²) in [6.07, 6.45) is 5.86. The summed E-state index contributed by atoms with van der Waals surface area (Å²) in [6, 6.07) is 0. The summed E-state index contributed by atoms with van der Waals surface area (Å²) in [7, 11) is 0. The zero-order valence-corrected chi connectivity index (χ0v) is 18.4. The molecule has 0 aromatic heterocycles. The predicted octanol–water partition coefficient (Wildman–Crippen LogP) is 4.15. The van der Waals surface area contributed by atoms with E-state index in [-0.39, 0.29) is 27.6 Å². The summed E-state index contributed by atoms with van der Waals surface area (Å²) in [5.41, 5.74) is 5.97. The van der Waals surface area contributed by atoms with Crippen LogP contribution in [0.1, 0.15) is 79.6 Å². The smallest absolute Gasteiger partial charge is 0.294 e. The van der Waals surface area contributed by atoms with Gasteiger partial charge in [0.15, 0.2) is 0 Å². The third-order valence-electron chi connectivity index (χ3n) is 7.73. The van der Waals surface area contributed by atoms with Gasteiger partial charge < -0.3 is 15.4 Å². The van der Waals surface area contributed by atoms with E-state index < -0.39 is 22.9 Å². The summed E-state index contributed by atoms with van der Waals surface area (Å²) in [5.74, 6) is -0.268. The fraction of sp³-hybridized carbons (Fsp3) is 1.00. The lowest BCUT2D eigenvalue weighted by Crippen LogP contribution is -2.57. The summed E-state index contributed by atoms with van der Waals surface area (Å²) in [5, 5.41) is 20.1. The molecule has 0 amide bonds. The van der Waals surface area contributed by atoms with Gasteiger partial charge in [-0.2, -0.15) is 0 Å². The van der Waals surface area contributed by atoms with Crippen LogP contribution in [0.2, 0.25) is 0 Å². The third kappa shape index (κ3) is 5.29. The summed E-state index contributed by atoms with van der Waals surface area (Å²) in [4.78, 5) is 31.3. The van der Waals surface area contributed by atoms with Crippen LogP contribution in [0.4, 0.5) is 0 Å². The van der Waals surface area contributed by atoms with Crippen LogP contribution in [0.15, 0.2) is 0 Å². The van der Waals surface area contributed by atoms with Crippen molar-refractivity contribution in [1.82, 2.24) is 0 Å². The molecule has 2 bridgehead atoms. The second kappa shape index (κ2) is 8.24. The van der Waals surface area contributed by atoms with E-state index in [9.17, 15) is 20.2 Å². The van der Waals surface area contributed by atoms with Gasteiger partial charge in [-0.3, -0.25) is 0 Å². The Morgan fingerprint density at radius 3 is 2.10 bits per heavy atom. The van der Waals surface area contributed by atoms with Crippen LogP contribution < -0.4 is 5.73 Å². The Balaban J connectivity index is 2.45. The zero-order chi connectivity index (χ0) is 22.1. The van der Waals surface area contributed by atoms with E-state index in [1.807, 2.05) is 6.92 Å². The highest BCUT2D eigenvalue weighted by Crippen LogP contribution is 2.69. The number of rotatable bonds is 10. The van der Waals surface area contributed by atoms with Crippen molar-refractivity contribution in [3.63, 3.8) is 0 Å². The molecule has 6 unspecified atom stereocenters. The van der Waals surface area contributed by atoms with Crippen molar-refractivity contribution in [1.29, 1.82) is 0 Å². The van der Waals surface area contributed by atoms with Gasteiger partial charge in [-0.25, -0.2) is 0 Å².